The van der Waals surface area contributed by atoms with Gasteiger partial charge in [0.05, 0.1) is 0 Å². The summed E-state index contributed by atoms with van der Waals surface area (Å²) in [6, 6.07) is 0. The Kier molecular flexibility index (Phi) is 5.23. The summed E-state index contributed by atoms with van der Waals surface area (Å²) in [5.74, 6) is 0.243. The van der Waals surface area contributed by atoms with E-state index < -0.39 is 0 Å². The van der Waals surface area contributed by atoms with Crippen LogP contribution in [0.4, 0.5) is 0 Å². The van der Waals surface area contributed by atoms with Crippen LogP contribution in [0.3, 0.4) is 0 Å². The third kappa shape index (κ3) is 4.82. The quantitative estimate of drug-likeness (QED) is 0.440. The van der Waals surface area contributed by atoms with Gasteiger partial charge in [-0.1, -0.05) is 20.8 Å². The molecule has 0 aliphatic heterocycles. The zero-order valence-corrected chi connectivity index (χ0v) is 5.41. The molecule has 44 valence electrons. The van der Waals surface area contributed by atoms with Crippen molar-refractivity contribution in [2.24, 2.45) is 5.41 Å². The van der Waals surface area contributed by atoms with E-state index in [-0.39, 0.29) is 40.8 Å². The van der Waals surface area contributed by atoms with Gasteiger partial charge in [-0.25, -0.2) is 0 Å². The third-order valence-electron chi connectivity index (χ3n) is 1.06. The Morgan fingerprint density at radius 1 is 1.25 bits per heavy atom. The minimum atomic E-state index is -0.139. The maximum atomic E-state index is 10.5. The average Bonchev–Trinajstić information content (AvgIpc) is 1.31. The van der Waals surface area contributed by atoms with Gasteiger partial charge in [0, 0.05) is 5.41 Å². The molecule has 0 aromatic rings. The predicted molar refractivity (Wildman–Crippen MR) is 37.3 cm³/mol. The van der Waals surface area contributed by atoms with Crippen LogP contribution in [0, 0.1) is 5.41 Å². The summed E-state index contributed by atoms with van der Waals surface area (Å²) in [4.78, 5) is 10.5. The van der Waals surface area contributed by atoms with Crippen LogP contribution in [0.2, 0.25) is 0 Å². The molecular formula is C6H13NaO. The summed E-state index contributed by atoms with van der Waals surface area (Å²) >= 11 is 0. The van der Waals surface area contributed by atoms with Gasteiger partial charge in [0.2, 0.25) is 0 Å². The molecule has 0 aromatic heterocycles. The molecule has 0 spiro atoms. The molecule has 0 saturated carbocycles. The van der Waals surface area contributed by atoms with Gasteiger partial charge >= 0.3 is 29.6 Å². The summed E-state index contributed by atoms with van der Waals surface area (Å²) in [5, 5.41) is 0. The molecule has 0 radical (unpaired) electrons. The fourth-order valence-corrected chi connectivity index (χ4v) is 0. The first-order valence-electron chi connectivity index (χ1n) is 2.45. The van der Waals surface area contributed by atoms with E-state index in [0.29, 0.717) is 0 Å². The number of rotatable bonds is 0. The van der Waals surface area contributed by atoms with Gasteiger partial charge < -0.3 is 0 Å². The van der Waals surface area contributed by atoms with Crippen molar-refractivity contribution in [3.63, 3.8) is 0 Å². The van der Waals surface area contributed by atoms with Gasteiger partial charge in [0.25, 0.3) is 0 Å². The SMILES string of the molecule is CC(=O)C(C)(C)C.[NaH]. The van der Waals surface area contributed by atoms with E-state index in [1.165, 1.54) is 0 Å². The fraction of sp³-hybridized carbons (Fsp3) is 0.833. The van der Waals surface area contributed by atoms with Crippen LogP contribution in [0.15, 0.2) is 0 Å². The molecule has 0 unspecified atom stereocenters. The summed E-state index contributed by atoms with van der Waals surface area (Å²) < 4.78 is 0. The van der Waals surface area contributed by atoms with E-state index in [9.17, 15) is 4.79 Å². The zero-order chi connectivity index (χ0) is 6.08. The molecule has 0 saturated heterocycles. The van der Waals surface area contributed by atoms with Gasteiger partial charge in [-0.05, 0) is 6.92 Å². The predicted octanol–water partition coefficient (Wildman–Crippen LogP) is 0.973. The molecule has 8 heavy (non-hydrogen) atoms. The van der Waals surface area contributed by atoms with Crippen LogP contribution in [-0.4, -0.2) is 35.3 Å². The first-order valence-corrected chi connectivity index (χ1v) is 2.45. The number of hydrogen-bond donors (Lipinski definition) is 0. The Morgan fingerprint density at radius 2 is 1.38 bits per heavy atom. The molecule has 1 nitrogen and oxygen atoms in total. The van der Waals surface area contributed by atoms with E-state index in [2.05, 4.69) is 0 Å². The second kappa shape index (κ2) is 3.65. The van der Waals surface area contributed by atoms with E-state index >= 15 is 0 Å². The molecule has 0 bridgehead atoms. The normalized spacial score (nSPS) is 10.0. The summed E-state index contributed by atoms with van der Waals surface area (Å²) in [6.45, 7) is 7.35. The average molecular weight is 124 g/mol. The molecule has 0 atom stereocenters. The number of carbonyl (C=O) groups is 1. The van der Waals surface area contributed by atoms with Gasteiger partial charge in [0.1, 0.15) is 5.78 Å². The van der Waals surface area contributed by atoms with Crippen molar-refractivity contribution in [2.45, 2.75) is 27.7 Å². The Hall–Kier alpha value is 0.670. The maximum absolute atomic E-state index is 10.5. The van der Waals surface area contributed by atoms with E-state index in [0.717, 1.165) is 0 Å². The van der Waals surface area contributed by atoms with Crippen molar-refractivity contribution in [2.75, 3.05) is 0 Å². The molecule has 0 fully saturated rings. The Balaban J connectivity index is 0. The molecule has 0 N–H and O–H groups in total. The molecule has 0 heterocycles. The van der Waals surface area contributed by atoms with E-state index in [1.54, 1.807) is 6.92 Å². The standard InChI is InChI=1S/C6H12O.Na.H/c1-5(7)6(2,3)4;;/h1-4H3;;. The number of hydrogen-bond acceptors (Lipinski definition) is 1. The van der Waals surface area contributed by atoms with Gasteiger partial charge in [0.15, 0.2) is 0 Å². The van der Waals surface area contributed by atoms with Crippen molar-refractivity contribution in [1.29, 1.82) is 0 Å². The van der Waals surface area contributed by atoms with Crippen molar-refractivity contribution in [1.82, 2.24) is 0 Å². The number of carbonyl (C=O) groups excluding carboxylic acids is 1. The third-order valence-corrected chi connectivity index (χ3v) is 1.06. The Bertz CT molecular complexity index is 81.0. The fourth-order valence-electron chi connectivity index (χ4n) is 0. The topological polar surface area (TPSA) is 17.1 Å². The van der Waals surface area contributed by atoms with E-state index in [4.69, 9.17) is 0 Å². The number of Topliss-reactive ketones (excluding diaryl/α,β-unsaturated/α-hetero) is 1. The zero-order valence-electron chi connectivity index (χ0n) is 5.41. The van der Waals surface area contributed by atoms with Crippen molar-refractivity contribution < 1.29 is 4.79 Å². The Labute approximate surface area is 73.1 Å². The van der Waals surface area contributed by atoms with Crippen molar-refractivity contribution in [3.05, 3.63) is 0 Å². The molecule has 0 amide bonds. The van der Waals surface area contributed by atoms with Crippen LogP contribution >= 0.6 is 0 Å². The van der Waals surface area contributed by atoms with Gasteiger partial charge in [-0.2, -0.15) is 0 Å². The number of ketones is 1. The summed E-state index contributed by atoms with van der Waals surface area (Å²) in [7, 11) is 0. The summed E-state index contributed by atoms with van der Waals surface area (Å²) in [6.07, 6.45) is 0. The van der Waals surface area contributed by atoms with Crippen molar-refractivity contribution in [3.8, 4) is 0 Å². The van der Waals surface area contributed by atoms with Crippen LogP contribution in [-0.2, 0) is 4.79 Å². The molecule has 2 heteroatoms. The first-order chi connectivity index (χ1) is 2.94. The van der Waals surface area contributed by atoms with Crippen LogP contribution < -0.4 is 0 Å². The molecule has 0 rings (SSSR count). The second-order valence-corrected chi connectivity index (χ2v) is 2.81. The minimum absolute atomic E-state index is 0. The van der Waals surface area contributed by atoms with Gasteiger partial charge in [-0.15, -0.1) is 0 Å². The van der Waals surface area contributed by atoms with Crippen LogP contribution in [0.25, 0.3) is 0 Å². The Morgan fingerprint density at radius 3 is 1.38 bits per heavy atom. The molecule has 0 aliphatic carbocycles. The second-order valence-electron chi connectivity index (χ2n) is 2.81. The van der Waals surface area contributed by atoms with Crippen molar-refractivity contribution >= 4 is 35.3 Å². The molecule has 0 aromatic carbocycles. The van der Waals surface area contributed by atoms with Crippen LogP contribution in [0.1, 0.15) is 27.7 Å². The van der Waals surface area contributed by atoms with E-state index in [1.807, 2.05) is 20.8 Å². The first kappa shape index (κ1) is 11.5. The summed E-state index contributed by atoms with van der Waals surface area (Å²) in [5.41, 5.74) is -0.139. The molecule has 0 aliphatic rings. The van der Waals surface area contributed by atoms with Gasteiger partial charge in [-0.3, -0.25) is 4.79 Å². The molecular weight excluding hydrogens is 111 g/mol. The van der Waals surface area contributed by atoms with Crippen LogP contribution in [0.5, 0.6) is 0 Å². The monoisotopic (exact) mass is 124 g/mol.